The zero-order chi connectivity index (χ0) is 33.1. The van der Waals surface area contributed by atoms with Gasteiger partial charge in [-0.15, -0.1) is 0 Å². The lowest BCUT2D eigenvalue weighted by molar-refractivity contribution is 0.154. The number of hydrogen-bond acceptors (Lipinski definition) is 2. The molecule has 2 fully saturated rings. The van der Waals surface area contributed by atoms with E-state index < -0.39 is 0 Å². The van der Waals surface area contributed by atoms with Crippen molar-refractivity contribution < 1.29 is 0 Å². The number of nitrogens with zero attached hydrogens (tertiary/aromatic N) is 2. The Bertz CT molecular complexity index is 1540. The van der Waals surface area contributed by atoms with Crippen LogP contribution in [0.25, 0.3) is 0 Å². The van der Waals surface area contributed by atoms with Crippen LogP contribution in [0.1, 0.15) is 116 Å². The van der Waals surface area contributed by atoms with Crippen LogP contribution < -0.4 is 4.90 Å². The van der Waals surface area contributed by atoms with Crippen molar-refractivity contribution in [2.24, 2.45) is 17.3 Å². The minimum Gasteiger partial charge on any atom is -0.362 e. The Balaban J connectivity index is 1.13. The monoisotopic (exact) mass is 640 g/mol. The van der Waals surface area contributed by atoms with Crippen LogP contribution >= 0.6 is 0 Å². The minimum absolute atomic E-state index is 0.157. The summed E-state index contributed by atoms with van der Waals surface area (Å²) in [6, 6.07) is 10.7. The first-order chi connectivity index (χ1) is 23.4. The quantitative estimate of drug-likeness (QED) is 0.279. The summed E-state index contributed by atoms with van der Waals surface area (Å²) in [6.45, 7) is 9.24. The van der Waals surface area contributed by atoms with Crippen LogP contribution in [0.4, 0.5) is 5.69 Å². The molecule has 1 aromatic rings. The fraction of sp³-hybridized carbons (Fsp3) is 0.522. The number of allylic oxidation sites excluding steroid dienone is 11. The summed E-state index contributed by atoms with van der Waals surface area (Å²) in [7, 11) is 0. The average Bonchev–Trinajstić information content (AvgIpc) is 3.13. The molecule has 3 unspecified atom stereocenters. The molecule has 254 valence electrons. The highest BCUT2D eigenvalue weighted by Gasteiger charge is 2.40. The lowest BCUT2D eigenvalue weighted by Crippen LogP contribution is -2.44. The number of rotatable bonds is 8. The Hall–Kier alpha value is -3.26. The second kappa shape index (κ2) is 14.7. The molecule has 0 aliphatic heterocycles. The van der Waals surface area contributed by atoms with Crippen molar-refractivity contribution in [2.45, 2.75) is 136 Å². The van der Waals surface area contributed by atoms with E-state index in [1.807, 2.05) is 0 Å². The van der Waals surface area contributed by atoms with Crippen molar-refractivity contribution in [2.75, 3.05) is 4.90 Å². The van der Waals surface area contributed by atoms with E-state index in [1.165, 1.54) is 92.4 Å². The summed E-state index contributed by atoms with van der Waals surface area (Å²) in [5, 5.41) is 0. The number of aryl methyl sites for hydroxylation is 1. The Morgan fingerprint density at radius 2 is 1.35 bits per heavy atom. The topological polar surface area (TPSA) is 6.48 Å². The van der Waals surface area contributed by atoms with Gasteiger partial charge in [-0.25, -0.2) is 0 Å². The Labute approximate surface area is 292 Å². The maximum Gasteiger partial charge on any atom is 0.0556 e. The standard InChI is InChI=1S/C46H60N2/c1-34-8-20-40(21-9-34)47(41-22-10-35(2)11-23-41)44-28-16-38(17-29-44)46(32-6-5-7-33-46)39-18-30-45(31-19-39)48(42-24-12-36(3)13-25-42)43-26-14-37(4)15-27-43/h8-10,12,16-22,24-25,28,30,36-37,43-45H,5-7,11,13-15,23,26-27,29,31-33H2,1-4H3. The molecule has 1 aromatic carbocycles. The fourth-order valence-electron chi connectivity index (χ4n) is 9.53. The number of anilines is 1. The first-order valence-electron chi connectivity index (χ1n) is 19.6. The van der Waals surface area contributed by atoms with E-state index in [-0.39, 0.29) is 5.41 Å². The molecule has 0 radical (unpaired) electrons. The molecule has 6 aliphatic rings. The summed E-state index contributed by atoms with van der Waals surface area (Å²) in [4.78, 5) is 5.46. The van der Waals surface area contributed by atoms with Crippen LogP contribution in [0.2, 0.25) is 0 Å². The van der Waals surface area contributed by atoms with Gasteiger partial charge in [0, 0.05) is 28.5 Å². The van der Waals surface area contributed by atoms with E-state index in [2.05, 4.69) is 129 Å². The number of hydrogen-bond donors (Lipinski definition) is 0. The Kier molecular flexibility index (Phi) is 10.2. The van der Waals surface area contributed by atoms with Gasteiger partial charge in [-0.1, -0.05) is 111 Å². The summed E-state index contributed by atoms with van der Waals surface area (Å²) in [5.74, 6) is 1.53. The first kappa shape index (κ1) is 33.2. The summed E-state index contributed by atoms with van der Waals surface area (Å²) < 4.78 is 0. The maximum absolute atomic E-state index is 2.84. The molecule has 2 heteroatoms. The number of benzene rings is 1. The van der Waals surface area contributed by atoms with Crippen LogP contribution in [-0.2, 0) is 0 Å². The van der Waals surface area contributed by atoms with Gasteiger partial charge in [0.25, 0.3) is 0 Å². The highest BCUT2D eigenvalue weighted by Crippen LogP contribution is 2.51. The SMILES string of the molecule is CC1=CC=C(N(c2ccc(C)cc2)C2C=CC(C3(C4=CCC(N(C5=CCC(C)C=C5)C5CCC(C)CC5)C=C4)CCCCC3)=CC2)CC1. The lowest BCUT2D eigenvalue weighted by Gasteiger charge is -2.46. The van der Waals surface area contributed by atoms with Gasteiger partial charge in [-0.05, 0) is 132 Å². The van der Waals surface area contributed by atoms with Gasteiger partial charge in [0.15, 0.2) is 0 Å². The predicted molar refractivity (Wildman–Crippen MR) is 206 cm³/mol. The fourth-order valence-corrected chi connectivity index (χ4v) is 9.53. The third-order valence-electron chi connectivity index (χ3n) is 12.6. The van der Waals surface area contributed by atoms with Crippen molar-refractivity contribution in [3.63, 3.8) is 0 Å². The predicted octanol–water partition coefficient (Wildman–Crippen LogP) is 12.2. The summed E-state index contributed by atoms with van der Waals surface area (Å²) in [5.41, 5.74) is 10.4. The molecule has 2 saturated carbocycles. The second-order valence-electron chi connectivity index (χ2n) is 16.2. The maximum atomic E-state index is 2.84. The molecular formula is C46H60N2. The molecule has 0 N–H and O–H groups in total. The molecule has 0 spiro atoms. The molecule has 6 aliphatic carbocycles. The third kappa shape index (κ3) is 7.05. The lowest BCUT2D eigenvalue weighted by atomic mass is 9.62. The Morgan fingerprint density at radius 1 is 0.667 bits per heavy atom. The molecule has 0 heterocycles. The highest BCUT2D eigenvalue weighted by atomic mass is 15.2. The van der Waals surface area contributed by atoms with Crippen LogP contribution in [0.15, 0.2) is 119 Å². The molecule has 0 aromatic heterocycles. The van der Waals surface area contributed by atoms with Gasteiger partial charge >= 0.3 is 0 Å². The molecule has 3 atom stereocenters. The van der Waals surface area contributed by atoms with E-state index in [4.69, 9.17) is 0 Å². The van der Waals surface area contributed by atoms with Crippen molar-refractivity contribution in [1.82, 2.24) is 4.90 Å². The van der Waals surface area contributed by atoms with Crippen molar-refractivity contribution in [3.8, 4) is 0 Å². The molecule has 0 amide bonds. The van der Waals surface area contributed by atoms with Gasteiger partial charge in [-0.3, -0.25) is 0 Å². The van der Waals surface area contributed by atoms with E-state index in [1.54, 1.807) is 11.1 Å². The molecule has 2 nitrogen and oxygen atoms in total. The van der Waals surface area contributed by atoms with E-state index in [0.717, 1.165) is 31.6 Å². The first-order valence-corrected chi connectivity index (χ1v) is 19.6. The van der Waals surface area contributed by atoms with Crippen LogP contribution in [0.3, 0.4) is 0 Å². The van der Waals surface area contributed by atoms with Gasteiger partial charge < -0.3 is 9.80 Å². The van der Waals surface area contributed by atoms with Gasteiger partial charge in [-0.2, -0.15) is 0 Å². The van der Waals surface area contributed by atoms with Gasteiger partial charge in [0.1, 0.15) is 0 Å². The van der Waals surface area contributed by atoms with Crippen LogP contribution in [0, 0.1) is 24.2 Å². The van der Waals surface area contributed by atoms with Crippen molar-refractivity contribution >= 4 is 5.69 Å². The van der Waals surface area contributed by atoms with E-state index in [9.17, 15) is 0 Å². The zero-order valence-electron chi connectivity index (χ0n) is 30.3. The van der Waals surface area contributed by atoms with E-state index in [0.29, 0.717) is 24.0 Å². The van der Waals surface area contributed by atoms with Crippen LogP contribution in [-0.4, -0.2) is 23.0 Å². The van der Waals surface area contributed by atoms with Crippen LogP contribution in [0.5, 0.6) is 0 Å². The van der Waals surface area contributed by atoms with E-state index >= 15 is 0 Å². The van der Waals surface area contributed by atoms with Crippen molar-refractivity contribution in [3.05, 3.63) is 125 Å². The molecule has 0 saturated heterocycles. The second-order valence-corrected chi connectivity index (χ2v) is 16.2. The highest BCUT2D eigenvalue weighted by molar-refractivity contribution is 5.58. The summed E-state index contributed by atoms with van der Waals surface area (Å²) in [6.07, 6.45) is 45.3. The average molecular weight is 641 g/mol. The zero-order valence-corrected chi connectivity index (χ0v) is 30.3. The minimum atomic E-state index is 0.157. The largest absolute Gasteiger partial charge is 0.362 e. The molecule has 0 bridgehead atoms. The molecule has 7 rings (SSSR count). The van der Waals surface area contributed by atoms with Crippen molar-refractivity contribution in [1.29, 1.82) is 0 Å². The van der Waals surface area contributed by atoms with Gasteiger partial charge in [0.05, 0.1) is 12.1 Å². The Morgan fingerprint density at radius 3 is 1.94 bits per heavy atom. The third-order valence-corrected chi connectivity index (χ3v) is 12.6. The smallest absolute Gasteiger partial charge is 0.0556 e. The van der Waals surface area contributed by atoms with Gasteiger partial charge in [0.2, 0.25) is 0 Å². The molecular weight excluding hydrogens is 581 g/mol. The summed E-state index contributed by atoms with van der Waals surface area (Å²) >= 11 is 0. The normalized spacial score (nSPS) is 30.1. The molecule has 48 heavy (non-hydrogen) atoms.